The first kappa shape index (κ1) is 12.3. The van der Waals surface area contributed by atoms with Gasteiger partial charge in [0.05, 0.1) is 19.0 Å². The van der Waals surface area contributed by atoms with Crippen LogP contribution in [0.4, 0.5) is 5.82 Å². The quantitative estimate of drug-likeness (QED) is 0.538. The summed E-state index contributed by atoms with van der Waals surface area (Å²) >= 11 is 0. The van der Waals surface area contributed by atoms with Gasteiger partial charge in [0.15, 0.2) is 11.5 Å². The molecule has 0 aliphatic heterocycles. The van der Waals surface area contributed by atoms with Gasteiger partial charge in [-0.1, -0.05) is 0 Å². The number of hydrogen-bond donors (Lipinski definition) is 4. The summed E-state index contributed by atoms with van der Waals surface area (Å²) in [6.07, 6.45) is 3.04. The smallest absolute Gasteiger partial charge is 0.165 e. The van der Waals surface area contributed by atoms with Crippen molar-refractivity contribution in [2.75, 3.05) is 12.3 Å². The third-order valence-electron chi connectivity index (χ3n) is 4.11. The molecular weight excluding hydrogens is 250 g/mol. The second kappa shape index (κ2) is 3.62. The van der Waals surface area contributed by atoms with Crippen molar-refractivity contribution in [1.82, 2.24) is 19.5 Å². The van der Waals surface area contributed by atoms with Crippen molar-refractivity contribution in [3.05, 3.63) is 12.7 Å². The molecule has 1 fully saturated rings. The van der Waals surface area contributed by atoms with Gasteiger partial charge in [-0.3, -0.25) is 0 Å². The van der Waals surface area contributed by atoms with E-state index in [0.29, 0.717) is 11.2 Å². The lowest BCUT2D eigenvalue weighted by atomic mass is 9.62. The number of aliphatic hydroxyl groups excluding tert-OH is 1. The summed E-state index contributed by atoms with van der Waals surface area (Å²) in [6.45, 7) is 0.980. The van der Waals surface area contributed by atoms with Gasteiger partial charge in [-0.05, 0) is 6.92 Å². The van der Waals surface area contributed by atoms with Crippen LogP contribution in [-0.4, -0.2) is 52.6 Å². The Morgan fingerprint density at radius 3 is 2.79 bits per heavy atom. The molecule has 1 aliphatic carbocycles. The van der Waals surface area contributed by atoms with E-state index in [0.717, 1.165) is 0 Å². The summed E-state index contributed by atoms with van der Waals surface area (Å²) in [5.41, 5.74) is 3.68. The van der Waals surface area contributed by atoms with Gasteiger partial charge < -0.3 is 25.6 Å². The van der Waals surface area contributed by atoms with Gasteiger partial charge in [-0.25, -0.2) is 15.0 Å². The number of aromatic nitrogens is 4. The highest BCUT2D eigenvalue weighted by molar-refractivity contribution is 5.81. The summed E-state index contributed by atoms with van der Waals surface area (Å²) < 4.78 is 1.65. The number of nitrogen functional groups attached to an aromatic ring is 1. The molecule has 8 nitrogen and oxygen atoms in total. The number of aliphatic hydroxyl groups is 3. The van der Waals surface area contributed by atoms with Crippen LogP contribution in [0.15, 0.2) is 12.7 Å². The van der Waals surface area contributed by atoms with Crippen LogP contribution >= 0.6 is 0 Å². The molecule has 0 amide bonds. The Morgan fingerprint density at radius 1 is 1.42 bits per heavy atom. The van der Waals surface area contributed by atoms with Crippen molar-refractivity contribution < 1.29 is 15.3 Å². The molecule has 0 bridgehead atoms. The Balaban J connectivity index is 2.06. The third kappa shape index (κ3) is 1.41. The molecule has 0 unspecified atom stereocenters. The molecule has 0 saturated heterocycles. The molecule has 1 saturated carbocycles. The van der Waals surface area contributed by atoms with E-state index < -0.39 is 23.9 Å². The van der Waals surface area contributed by atoms with Gasteiger partial charge in [0, 0.05) is 6.42 Å². The minimum atomic E-state index is -1.51. The van der Waals surface area contributed by atoms with Crippen LogP contribution in [0.1, 0.15) is 19.4 Å². The molecule has 5 N–H and O–H groups in total. The van der Waals surface area contributed by atoms with Crippen LogP contribution in [0.2, 0.25) is 0 Å². The van der Waals surface area contributed by atoms with Crippen LogP contribution in [0, 0.1) is 0 Å². The van der Waals surface area contributed by atoms with Gasteiger partial charge in [0.2, 0.25) is 0 Å². The van der Waals surface area contributed by atoms with E-state index in [1.807, 2.05) is 0 Å². The Labute approximate surface area is 108 Å². The maximum absolute atomic E-state index is 10.4. The maximum Gasteiger partial charge on any atom is 0.165 e. The molecule has 3 rings (SSSR count). The molecular formula is C11H15N5O3. The lowest BCUT2D eigenvalue weighted by Gasteiger charge is -2.56. The van der Waals surface area contributed by atoms with Crippen LogP contribution in [0.25, 0.3) is 11.2 Å². The normalized spacial score (nSPS) is 34.4. The van der Waals surface area contributed by atoms with E-state index >= 15 is 0 Å². The standard InChI is InChI=1S/C11H15N5O3/c1-10(18)6(2-11(10,19)3-17)16-5-15-7-8(12)13-4-14-9(7)16/h4-6,17-19H,2-3H2,1H3,(H2,12,13,14)/t6-,10-,11+/m1/s1. The molecule has 1 aliphatic rings. The monoisotopic (exact) mass is 265 g/mol. The molecule has 0 aromatic carbocycles. The highest BCUT2D eigenvalue weighted by Gasteiger charge is 2.62. The molecule has 2 aromatic heterocycles. The second-order valence-corrected chi connectivity index (χ2v) is 5.14. The minimum absolute atomic E-state index is 0.214. The number of rotatable bonds is 2. The molecule has 3 atom stereocenters. The molecule has 2 aromatic rings. The summed E-state index contributed by atoms with van der Waals surface area (Å²) in [5, 5.41) is 29.6. The second-order valence-electron chi connectivity index (χ2n) is 5.14. The Kier molecular flexibility index (Phi) is 2.34. The van der Waals surface area contributed by atoms with Crippen LogP contribution in [0.3, 0.4) is 0 Å². The lowest BCUT2D eigenvalue weighted by Crippen LogP contribution is -2.69. The molecule has 0 spiro atoms. The van der Waals surface area contributed by atoms with E-state index in [4.69, 9.17) is 5.73 Å². The summed E-state index contributed by atoms with van der Waals surface area (Å²) in [5.74, 6) is 0.264. The predicted molar refractivity (Wildman–Crippen MR) is 66.0 cm³/mol. The van der Waals surface area contributed by atoms with Crippen LogP contribution in [0.5, 0.6) is 0 Å². The first-order valence-corrected chi connectivity index (χ1v) is 5.89. The third-order valence-corrected chi connectivity index (χ3v) is 4.11. The van der Waals surface area contributed by atoms with Crippen molar-refractivity contribution in [3.8, 4) is 0 Å². The van der Waals surface area contributed by atoms with Crippen molar-refractivity contribution in [2.45, 2.75) is 30.6 Å². The van der Waals surface area contributed by atoms with Crippen molar-refractivity contribution in [1.29, 1.82) is 0 Å². The molecule has 0 radical (unpaired) electrons. The SMILES string of the molecule is C[C@@]1(O)[C@H](n2cnc3c(N)ncnc32)C[C@]1(O)CO. The summed E-state index contributed by atoms with van der Waals surface area (Å²) in [4.78, 5) is 12.1. The highest BCUT2D eigenvalue weighted by atomic mass is 16.4. The number of imidazole rings is 1. The Morgan fingerprint density at radius 2 is 2.16 bits per heavy atom. The van der Waals surface area contributed by atoms with Gasteiger partial charge in [0.25, 0.3) is 0 Å². The average molecular weight is 265 g/mol. The zero-order valence-electron chi connectivity index (χ0n) is 10.4. The highest BCUT2D eigenvalue weighted by Crippen LogP contribution is 2.50. The number of hydrogen-bond acceptors (Lipinski definition) is 7. The van der Waals surface area contributed by atoms with Gasteiger partial charge in [-0.2, -0.15) is 0 Å². The van der Waals surface area contributed by atoms with Crippen molar-refractivity contribution in [3.63, 3.8) is 0 Å². The van der Waals surface area contributed by atoms with E-state index in [-0.39, 0.29) is 12.2 Å². The largest absolute Gasteiger partial charge is 0.393 e. The first-order chi connectivity index (χ1) is 8.90. The molecule has 19 heavy (non-hydrogen) atoms. The Bertz CT molecular complexity index is 640. The number of fused-ring (bicyclic) bond motifs is 1. The maximum atomic E-state index is 10.4. The zero-order valence-corrected chi connectivity index (χ0v) is 10.4. The predicted octanol–water partition coefficient (Wildman–Crippen LogP) is -1.17. The topological polar surface area (TPSA) is 130 Å². The Hall–Kier alpha value is -1.77. The number of anilines is 1. The molecule has 2 heterocycles. The van der Waals surface area contributed by atoms with E-state index in [1.54, 1.807) is 4.57 Å². The summed E-state index contributed by atoms with van der Waals surface area (Å²) in [7, 11) is 0. The molecule has 8 heteroatoms. The first-order valence-electron chi connectivity index (χ1n) is 5.89. The van der Waals surface area contributed by atoms with Gasteiger partial charge in [0.1, 0.15) is 23.0 Å². The van der Waals surface area contributed by atoms with E-state index in [2.05, 4.69) is 15.0 Å². The molecule has 102 valence electrons. The van der Waals surface area contributed by atoms with Gasteiger partial charge in [-0.15, -0.1) is 0 Å². The van der Waals surface area contributed by atoms with Crippen LogP contribution in [-0.2, 0) is 0 Å². The zero-order chi connectivity index (χ0) is 13.8. The lowest BCUT2D eigenvalue weighted by molar-refractivity contribution is -0.257. The fourth-order valence-electron chi connectivity index (χ4n) is 2.60. The fourth-order valence-corrected chi connectivity index (χ4v) is 2.60. The minimum Gasteiger partial charge on any atom is -0.393 e. The van der Waals surface area contributed by atoms with Crippen molar-refractivity contribution in [2.24, 2.45) is 0 Å². The van der Waals surface area contributed by atoms with E-state index in [1.165, 1.54) is 19.6 Å². The van der Waals surface area contributed by atoms with Crippen LogP contribution < -0.4 is 5.73 Å². The van der Waals surface area contributed by atoms with Gasteiger partial charge >= 0.3 is 0 Å². The number of nitrogens with zero attached hydrogens (tertiary/aromatic N) is 4. The summed E-state index contributed by atoms with van der Waals surface area (Å²) in [6, 6.07) is -0.427. The van der Waals surface area contributed by atoms with E-state index in [9.17, 15) is 15.3 Å². The fraction of sp³-hybridized carbons (Fsp3) is 0.545. The van der Waals surface area contributed by atoms with Crippen molar-refractivity contribution >= 4 is 17.0 Å². The number of nitrogens with two attached hydrogens (primary N) is 1. The average Bonchev–Trinajstić information content (AvgIpc) is 2.80.